The summed E-state index contributed by atoms with van der Waals surface area (Å²) in [7, 11) is 1.22. The maximum atomic E-state index is 11.6. The molecule has 4 heteroatoms. The Morgan fingerprint density at radius 2 is 1.75 bits per heavy atom. The number of esters is 1. The minimum atomic E-state index is -0.728. The van der Waals surface area contributed by atoms with Crippen LogP contribution in [0.25, 0.3) is 0 Å². The van der Waals surface area contributed by atoms with Crippen LogP contribution < -0.4 is 0 Å². The average Bonchev–Trinajstić information content (AvgIpc) is 2.16. The summed E-state index contributed by atoms with van der Waals surface area (Å²) in [4.78, 5) is 33.8. The van der Waals surface area contributed by atoms with Gasteiger partial charge >= 0.3 is 5.97 Å². The molecule has 0 aliphatic carbocycles. The smallest absolute Gasteiger partial charge is 0.313 e. The van der Waals surface area contributed by atoms with Crippen LogP contribution in [-0.2, 0) is 19.1 Å². The first-order chi connectivity index (χ1) is 7.38. The van der Waals surface area contributed by atoms with E-state index in [4.69, 9.17) is 0 Å². The molecule has 0 saturated carbocycles. The van der Waals surface area contributed by atoms with E-state index >= 15 is 0 Å². The van der Waals surface area contributed by atoms with Gasteiger partial charge in [-0.3, -0.25) is 14.4 Å². The third-order valence-electron chi connectivity index (χ3n) is 2.19. The molecular formula is C12H18O4. The van der Waals surface area contributed by atoms with Gasteiger partial charge in [-0.25, -0.2) is 0 Å². The van der Waals surface area contributed by atoms with Crippen molar-refractivity contribution < 1.29 is 19.1 Å². The zero-order chi connectivity index (χ0) is 12.7. The van der Waals surface area contributed by atoms with Gasteiger partial charge in [0.2, 0.25) is 0 Å². The molecule has 4 nitrogen and oxygen atoms in total. The Kier molecular flexibility index (Phi) is 6.30. The standard InChI is InChI=1S/C12H18O4/c1-8(2)5-6-10(9(3)13)11(14)7-12(15)16-4/h5,10H,6-7H2,1-4H3. The van der Waals surface area contributed by atoms with E-state index in [1.54, 1.807) is 0 Å². The third-order valence-corrected chi connectivity index (χ3v) is 2.19. The van der Waals surface area contributed by atoms with Crippen molar-refractivity contribution in [3.05, 3.63) is 11.6 Å². The number of Topliss-reactive ketones (excluding diaryl/α,β-unsaturated/α-hetero) is 2. The molecule has 0 aliphatic heterocycles. The number of ether oxygens (including phenoxy) is 1. The maximum absolute atomic E-state index is 11.6. The summed E-state index contributed by atoms with van der Waals surface area (Å²) in [5.41, 5.74) is 1.04. The van der Waals surface area contributed by atoms with Gasteiger partial charge in [-0.05, 0) is 27.2 Å². The SMILES string of the molecule is COC(=O)CC(=O)C(CC=C(C)C)C(C)=O. The van der Waals surface area contributed by atoms with Crippen molar-refractivity contribution in [3.63, 3.8) is 0 Å². The Hall–Kier alpha value is -1.45. The molecule has 0 amide bonds. The van der Waals surface area contributed by atoms with Gasteiger partial charge in [0, 0.05) is 0 Å². The highest BCUT2D eigenvalue weighted by Gasteiger charge is 2.24. The average molecular weight is 226 g/mol. The van der Waals surface area contributed by atoms with Gasteiger partial charge in [0.05, 0.1) is 13.0 Å². The quantitative estimate of drug-likeness (QED) is 0.393. The van der Waals surface area contributed by atoms with Crippen LogP contribution in [0.3, 0.4) is 0 Å². The molecule has 0 radical (unpaired) electrons. The summed E-state index contributed by atoms with van der Waals surface area (Å²) in [5.74, 6) is -1.93. The molecule has 0 spiro atoms. The molecule has 0 aromatic carbocycles. The summed E-state index contributed by atoms with van der Waals surface area (Å²) in [6.07, 6.45) is 1.84. The number of carbonyl (C=O) groups is 3. The second-order valence-corrected chi connectivity index (χ2v) is 3.90. The van der Waals surface area contributed by atoms with Gasteiger partial charge in [0.15, 0.2) is 5.78 Å². The van der Waals surface area contributed by atoms with Crippen LogP contribution in [0.4, 0.5) is 0 Å². The first-order valence-corrected chi connectivity index (χ1v) is 5.11. The van der Waals surface area contributed by atoms with Crippen LogP contribution >= 0.6 is 0 Å². The Morgan fingerprint density at radius 1 is 1.19 bits per heavy atom. The lowest BCUT2D eigenvalue weighted by Crippen LogP contribution is -2.24. The highest BCUT2D eigenvalue weighted by atomic mass is 16.5. The molecule has 0 heterocycles. The second-order valence-electron chi connectivity index (χ2n) is 3.90. The highest BCUT2D eigenvalue weighted by molar-refractivity contribution is 6.07. The van der Waals surface area contributed by atoms with Gasteiger partial charge in [-0.1, -0.05) is 11.6 Å². The topological polar surface area (TPSA) is 60.4 Å². The Balaban J connectivity index is 4.54. The molecular weight excluding hydrogens is 208 g/mol. The van der Waals surface area contributed by atoms with Crippen LogP contribution in [-0.4, -0.2) is 24.6 Å². The van der Waals surface area contributed by atoms with Gasteiger partial charge in [0.1, 0.15) is 12.2 Å². The zero-order valence-corrected chi connectivity index (χ0v) is 10.2. The van der Waals surface area contributed by atoms with Gasteiger partial charge < -0.3 is 4.74 Å². The van der Waals surface area contributed by atoms with Crippen molar-refractivity contribution in [1.82, 2.24) is 0 Å². The van der Waals surface area contributed by atoms with Crippen molar-refractivity contribution in [3.8, 4) is 0 Å². The van der Waals surface area contributed by atoms with E-state index in [1.807, 2.05) is 19.9 Å². The van der Waals surface area contributed by atoms with E-state index in [0.717, 1.165) is 5.57 Å². The van der Waals surface area contributed by atoms with Gasteiger partial charge in [-0.2, -0.15) is 0 Å². The number of allylic oxidation sites excluding steroid dienone is 2. The minimum absolute atomic E-state index is 0.216. The Bertz CT molecular complexity index is 311. The number of methoxy groups -OCH3 is 1. The third kappa shape index (κ3) is 5.44. The first kappa shape index (κ1) is 14.6. The molecule has 1 unspecified atom stereocenters. The summed E-state index contributed by atoms with van der Waals surface area (Å²) in [6, 6.07) is 0. The van der Waals surface area contributed by atoms with E-state index in [1.165, 1.54) is 14.0 Å². The fourth-order valence-corrected chi connectivity index (χ4v) is 1.22. The van der Waals surface area contributed by atoms with Crippen molar-refractivity contribution in [2.45, 2.75) is 33.6 Å². The summed E-state index contributed by atoms with van der Waals surface area (Å²) >= 11 is 0. The van der Waals surface area contributed by atoms with E-state index in [2.05, 4.69) is 4.74 Å². The summed E-state index contributed by atoms with van der Waals surface area (Å²) < 4.78 is 4.39. The monoisotopic (exact) mass is 226 g/mol. The molecule has 0 N–H and O–H groups in total. The number of rotatable bonds is 6. The zero-order valence-electron chi connectivity index (χ0n) is 10.2. The lowest BCUT2D eigenvalue weighted by atomic mass is 9.93. The fourth-order valence-electron chi connectivity index (χ4n) is 1.22. The van der Waals surface area contributed by atoms with Crippen molar-refractivity contribution in [2.24, 2.45) is 5.92 Å². The van der Waals surface area contributed by atoms with Crippen molar-refractivity contribution in [1.29, 1.82) is 0 Å². The largest absolute Gasteiger partial charge is 0.469 e. The molecule has 0 aliphatic rings. The summed E-state index contributed by atoms with van der Waals surface area (Å²) in [5, 5.41) is 0. The van der Waals surface area contributed by atoms with E-state index in [9.17, 15) is 14.4 Å². The molecule has 0 aromatic rings. The molecule has 16 heavy (non-hydrogen) atoms. The van der Waals surface area contributed by atoms with E-state index < -0.39 is 11.9 Å². The van der Waals surface area contributed by atoms with Crippen molar-refractivity contribution in [2.75, 3.05) is 7.11 Å². The van der Waals surface area contributed by atoms with Crippen LogP contribution in [0.15, 0.2) is 11.6 Å². The molecule has 0 rings (SSSR count). The summed E-state index contributed by atoms with van der Waals surface area (Å²) in [6.45, 7) is 5.14. The van der Waals surface area contributed by atoms with Gasteiger partial charge in [-0.15, -0.1) is 0 Å². The number of carbonyl (C=O) groups excluding carboxylic acids is 3. The lowest BCUT2D eigenvalue weighted by molar-refractivity contribution is -0.144. The lowest BCUT2D eigenvalue weighted by Gasteiger charge is -2.09. The normalized spacial score (nSPS) is 11.5. The fraction of sp³-hybridized carbons (Fsp3) is 0.583. The van der Waals surface area contributed by atoms with E-state index in [-0.39, 0.29) is 18.0 Å². The number of hydrogen-bond donors (Lipinski definition) is 0. The predicted octanol–water partition coefficient (Wildman–Crippen LogP) is 1.68. The molecule has 1 atom stereocenters. The Morgan fingerprint density at radius 3 is 2.12 bits per heavy atom. The Labute approximate surface area is 95.7 Å². The second kappa shape index (κ2) is 6.93. The number of hydrogen-bond acceptors (Lipinski definition) is 4. The van der Waals surface area contributed by atoms with Gasteiger partial charge in [0.25, 0.3) is 0 Å². The first-order valence-electron chi connectivity index (χ1n) is 5.11. The highest BCUT2D eigenvalue weighted by Crippen LogP contribution is 2.12. The minimum Gasteiger partial charge on any atom is -0.469 e. The van der Waals surface area contributed by atoms with Crippen molar-refractivity contribution >= 4 is 17.5 Å². The van der Waals surface area contributed by atoms with Crippen LogP contribution in [0.1, 0.15) is 33.6 Å². The molecule has 0 aromatic heterocycles. The number of ketones is 2. The van der Waals surface area contributed by atoms with Crippen LogP contribution in [0.5, 0.6) is 0 Å². The molecule has 0 bridgehead atoms. The predicted molar refractivity (Wildman–Crippen MR) is 59.9 cm³/mol. The molecule has 90 valence electrons. The molecule has 0 saturated heterocycles. The van der Waals surface area contributed by atoms with Crippen LogP contribution in [0.2, 0.25) is 0 Å². The maximum Gasteiger partial charge on any atom is 0.313 e. The molecule has 0 fully saturated rings. The van der Waals surface area contributed by atoms with Crippen LogP contribution in [0, 0.1) is 5.92 Å². The van der Waals surface area contributed by atoms with E-state index in [0.29, 0.717) is 6.42 Å².